The first-order chi connectivity index (χ1) is 9.11. The number of amides is 1. The fraction of sp³-hybridized carbons (Fsp3) is 0.533. The van der Waals surface area contributed by atoms with Gasteiger partial charge < -0.3 is 11.1 Å². The maximum atomic E-state index is 11.7. The first-order valence-electron chi connectivity index (χ1n) is 6.84. The summed E-state index contributed by atoms with van der Waals surface area (Å²) in [5.41, 5.74) is 7.84. The van der Waals surface area contributed by atoms with Crippen LogP contribution in [0.2, 0.25) is 0 Å². The third kappa shape index (κ3) is 7.23. The Balaban J connectivity index is 2.27. The van der Waals surface area contributed by atoms with Crippen LogP contribution in [0.25, 0.3) is 0 Å². The zero-order chi connectivity index (χ0) is 14.1. The van der Waals surface area contributed by atoms with Crippen molar-refractivity contribution in [3.8, 4) is 0 Å². The fourth-order valence-electron chi connectivity index (χ4n) is 1.67. The van der Waals surface area contributed by atoms with Gasteiger partial charge >= 0.3 is 0 Å². The molecular weight excluding hydrogens is 256 g/mol. The lowest BCUT2D eigenvalue weighted by molar-refractivity contribution is -0.113. The molecule has 0 aliphatic carbocycles. The van der Waals surface area contributed by atoms with E-state index >= 15 is 0 Å². The van der Waals surface area contributed by atoms with Crippen molar-refractivity contribution in [2.75, 3.05) is 16.8 Å². The second-order valence-electron chi connectivity index (χ2n) is 4.81. The molecule has 1 aromatic rings. The number of nitrogens with two attached hydrogens (primary N) is 1. The molecule has 1 rings (SSSR count). The van der Waals surface area contributed by atoms with Crippen molar-refractivity contribution in [3.63, 3.8) is 0 Å². The number of nitrogens with one attached hydrogen (secondary N) is 1. The molecule has 0 aromatic heterocycles. The standard InChI is InChI=1S/C15H24N2OS/c1-3-4-13-5-7-14(8-6-13)17-15(18)11-19-10-9-12(2)16/h5-8,12H,3-4,9-11,16H2,1-2H3,(H,17,18). The molecule has 4 heteroatoms. The summed E-state index contributed by atoms with van der Waals surface area (Å²) in [5.74, 6) is 1.47. The van der Waals surface area contributed by atoms with Crippen molar-refractivity contribution in [1.82, 2.24) is 0 Å². The molecule has 1 amide bonds. The molecule has 0 aliphatic heterocycles. The van der Waals surface area contributed by atoms with Gasteiger partial charge in [0, 0.05) is 11.7 Å². The van der Waals surface area contributed by atoms with Crippen molar-refractivity contribution >= 4 is 23.4 Å². The lowest BCUT2D eigenvalue weighted by atomic mass is 10.1. The average Bonchev–Trinajstić information content (AvgIpc) is 2.37. The number of anilines is 1. The molecule has 0 bridgehead atoms. The van der Waals surface area contributed by atoms with Crippen LogP contribution in [-0.4, -0.2) is 23.5 Å². The van der Waals surface area contributed by atoms with E-state index in [0.29, 0.717) is 5.75 Å². The van der Waals surface area contributed by atoms with Crippen molar-refractivity contribution in [2.24, 2.45) is 5.73 Å². The molecular formula is C15H24N2OS. The smallest absolute Gasteiger partial charge is 0.234 e. The molecule has 19 heavy (non-hydrogen) atoms. The number of hydrogen-bond acceptors (Lipinski definition) is 3. The molecule has 0 saturated heterocycles. The van der Waals surface area contributed by atoms with Crippen molar-refractivity contribution in [1.29, 1.82) is 0 Å². The molecule has 1 aromatic carbocycles. The molecule has 3 nitrogen and oxygen atoms in total. The molecule has 0 heterocycles. The number of carbonyl (C=O) groups is 1. The largest absolute Gasteiger partial charge is 0.328 e. The maximum Gasteiger partial charge on any atom is 0.234 e. The zero-order valence-electron chi connectivity index (χ0n) is 11.8. The summed E-state index contributed by atoms with van der Waals surface area (Å²) < 4.78 is 0. The van der Waals surface area contributed by atoms with Gasteiger partial charge in [-0.1, -0.05) is 25.5 Å². The van der Waals surface area contributed by atoms with Crippen molar-refractivity contribution in [3.05, 3.63) is 29.8 Å². The topological polar surface area (TPSA) is 55.1 Å². The SMILES string of the molecule is CCCc1ccc(NC(=O)CSCCC(C)N)cc1. The highest BCUT2D eigenvalue weighted by atomic mass is 32.2. The number of thioether (sulfide) groups is 1. The van der Waals surface area contributed by atoms with Gasteiger partial charge in [-0.05, 0) is 43.2 Å². The minimum atomic E-state index is 0.0536. The second kappa shape index (κ2) is 8.99. The number of aryl methyl sites for hydroxylation is 1. The second-order valence-corrected chi connectivity index (χ2v) is 5.92. The Hall–Kier alpha value is -1.00. The maximum absolute atomic E-state index is 11.7. The van der Waals surface area contributed by atoms with Gasteiger partial charge in [-0.3, -0.25) is 4.79 Å². The van der Waals surface area contributed by atoms with E-state index in [1.807, 2.05) is 19.1 Å². The van der Waals surface area contributed by atoms with E-state index < -0.39 is 0 Å². The van der Waals surface area contributed by atoms with E-state index in [-0.39, 0.29) is 11.9 Å². The fourth-order valence-corrected chi connectivity index (χ4v) is 2.61. The Labute approximate surface area is 120 Å². The molecule has 1 unspecified atom stereocenters. The summed E-state index contributed by atoms with van der Waals surface area (Å²) >= 11 is 1.63. The molecule has 0 spiro atoms. The van der Waals surface area contributed by atoms with Crippen LogP contribution in [0, 0.1) is 0 Å². The number of benzene rings is 1. The lowest BCUT2D eigenvalue weighted by Gasteiger charge is -2.07. The van der Waals surface area contributed by atoms with Gasteiger partial charge in [0.25, 0.3) is 0 Å². The molecule has 106 valence electrons. The van der Waals surface area contributed by atoms with Crippen LogP contribution in [-0.2, 0) is 11.2 Å². The molecule has 0 saturated carbocycles. The minimum Gasteiger partial charge on any atom is -0.328 e. The number of rotatable bonds is 8. The minimum absolute atomic E-state index is 0.0536. The predicted octanol–water partition coefficient (Wildman–Crippen LogP) is 3.05. The average molecular weight is 280 g/mol. The monoisotopic (exact) mass is 280 g/mol. The Bertz CT molecular complexity index is 376. The van der Waals surface area contributed by atoms with Crippen molar-refractivity contribution in [2.45, 2.75) is 39.2 Å². The van der Waals surface area contributed by atoms with Gasteiger partial charge in [-0.25, -0.2) is 0 Å². The van der Waals surface area contributed by atoms with Crippen LogP contribution >= 0.6 is 11.8 Å². The third-order valence-electron chi connectivity index (χ3n) is 2.73. The van der Waals surface area contributed by atoms with Crippen LogP contribution < -0.4 is 11.1 Å². The van der Waals surface area contributed by atoms with E-state index in [0.717, 1.165) is 30.7 Å². The van der Waals surface area contributed by atoms with Gasteiger partial charge in [0.15, 0.2) is 0 Å². The summed E-state index contributed by atoms with van der Waals surface area (Å²) in [5, 5.41) is 2.91. The summed E-state index contributed by atoms with van der Waals surface area (Å²) in [6.45, 7) is 4.15. The number of carbonyl (C=O) groups excluding carboxylic acids is 1. The van der Waals surface area contributed by atoms with Crippen LogP contribution in [0.15, 0.2) is 24.3 Å². The molecule has 1 atom stereocenters. The predicted molar refractivity (Wildman–Crippen MR) is 84.7 cm³/mol. The quantitative estimate of drug-likeness (QED) is 0.720. The highest BCUT2D eigenvalue weighted by Gasteiger charge is 2.03. The van der Waals surface area contributed by atoms with Crippen LogP contribution in [0.3, 0.4) is 0 Å². The Morgan fingerprint density at radius 3 is 2.63 bits per heavy atom. The summed E-state index contributed by atoms with van der Waals surface area (Å²) in [4.78, 5) is 11.7. The van der Waals surface area contributed by atoms with E-state index in [2.05, 4.69) is 24.4 Å². The molecule has 0 aliphatic rings. The molecule has 0 fully saturated rings. The third-order valence-corrected chi connectivity index (χ3v) is 3.72. The van der Waals surface area contributed by atoms with Gasteiger partial charge in [0.2, 0.25) is 5.91 Å². The van der Waals surface area contributed by atoms with E-state index in [4.69, 9.17) is 5.73 Å². The lowest BCUT2D eigenvalue weighted by Crippen LogP contribution is -2.17. The number of hydrogen-bond donors (Lipinski definition) is 2. The van der Waals surface area contributed by atoms with Crippen molar-refractivity contribution < 1.29 is 4.79 Å². The summed E-state index contributed by atoms with van der Waals surface area (Å²) in [6.07, 6.45) is 3.17. The van der Waals surface area contributed by atoms with Gasteiger partial charge in [-0.2, -0.15) is 11.8 Å². The molecule has 0 radical (unpaired) electrons. The van der Waals surface area contributed by atoms with Gasteiger partial charge in [0.05, 0.1) is 5.75 Å². The van der Waals surface area contributed by atoms with E-state index in [1.165, 1.54) is 5.56 Å². The van der Waals surface area contributed by atoms with Gasteiger partial charge in [-0.15, -0.1) is 0 Å². The zero-order valence-corrected chi connectivity index (χ0v) is 12.6. The van der Waals surface area contributed by atoms with Crippen LogP contribution in [0.1, 0.15) is 32.3 Å². The first kappa shape index (κ1) is 16.1. The highest BCUT2D eigenvalue weighted by molar-refractivity contribution is 7.99. The van der Waals surface area contributed by atoms with Crippen LogP contribution in [0.5, 0.6) is 0 Å². The Morgan fingerprint density at radius 2 is 2.05 bits per heavy atom. The summed E-state index contributed by atoms with van der Waals surface area (Å²) in [6, 6.07) is 8.29. The molecule has 3 N–H and O–H groups in total. The Morgan fingerprint density at radius 1 is 1.37 bits per heavy atom. The first-order valence-corrected chi connectivity index (χ1v) is 7.99. The van der Waals surface area contributed by atoms with E-state index in [1.54, 1.807) is 11.8 Å². The van der Waals surface area contributed by atoms with Gasteiger partial charge in [0.1, 0.15) is 0 Å². The summed E-state index contributed by atoms with van der Waals surface area (Å²) in [7, 11) is 0. The Kier molecular flexibility index (Phi) is 7.60. The van der Waals surface area contributed by atoms with E-state index in [9.17, 15) is 4.79 Å². The van der Waals surface area contributed by atoms with Crippen LogP contribution in [0.4, 0.5) is 5.69 Å². The highest BCUT2D eigenvalue weighted by Crippen LogP contribution is 2.12. The normalized spacial score (nSPS) is 12.2.